The van der Waals surface area contributed by atoms with Crippen LogP contribution in [0.3, 0.4) is 0 Å². The monoisotopic (exact) mass is 160 g/mol. The minimum Gasteiger partial charge on any atom is -0.394 e. The van der Waals surface area contributed by atoms with Gasteiger partial charge in [0.25, 0.3) is 0 Å². The van der Waals surface area contributed by atoms with Crippen molar-refractivity contribution in [3.63, 3.8) is 0 Å². The first-order valence-electron chi connectivity index (χ1n) is 3.17. The van der Waals surface area contributed by atoms with E-state index in [4.69, 9.17) is 15.3 Å². The lowest BCUT2D eigenvalue weighted by atomic mass is 10.1. The van der Waals surface area contributed by atoms with Crippen molar-refractivity contribution in [3.8, 4) is 0 Å². The molecule has 2 unspecified atom stereocenters. The Labute approximate surface area is 64.8 Å². The molecule has 11 heavy (non-hydrogen) atoms. The number of Topliss-reactive ketones (excluding diaryl/α,β-unsaturated/α-hetero) is 1. The summed E-state index contributed by atoms with van der Waals surface area (Å²) in [5.74, 6) is -0.647. The van der Waals surface area contributed by atoms with E-state index in [1.54, 1.807) is 0 Å². The van der Waals surface area contributed by atoms with Crippen molar-refractivity contribution in [1.29, 1.82) is 0 Å². The molecule has 2 atom stereocenters. The normalized spacial score (nSPS) is 15.6. The number of hydrogen-bond acceptors (Lipinski definition) is 4. The van der Waals surface area contributed by atoms with Crippen LogP contribution in [0.25, 0.3) is 0 Å². The van der Waals surface area contributed by atoms with Crippen LogP contribution in [0.5, 0.6) is 0 Å². The molecule has 0 amide bonds. The van der Waals surface area contributed by atoms with Gasteiger partial charge in [-0.25, -0.2) is 0 Å². The molecule has 0 spiro atoms. The molecule has 0 radical (unpaired) electrons. The number of aliphatic hydroxyl groups excluding tert-OH is 3. The molecule has 0 aromatic rings. The predicted molar refractivity (Wildman–Crippen MR) is 38.9 cm³/mol. The van der Waals surface area contributed by atoms with E-state index in [0.29, 0.717) is 0 Å². The van der Waals surface area contributed by atoms with Gasteiger partial charge in [0.1, 0.15) is 12.2 Å². The zero-order valence-corrected chi connectivity index (χ0v) is 6.32. The Balaban J connectivity index is 4.13. The Morgan fingerprint density at radius 1 is 1.55 bits per heavy atom. The first-order chi connectivity index (χ1) is 5.00. The summed E-state index contributed by atoms with van der Waals surface area (Å²) in [6.45, 7) is 4.08. The van der Waals surface area contributed by atoms with Crippen molar-refractivity contribution >= 4 is 5.78 Å². The van der Waals surface area contributed by atoms with Gasteiger partial charge in [-0.3, -0.25) is 4.79 Å². The highest BCUT2D eigenvalue weighted by Gasteiger charge is 2.23. The van der Waals surface area contributed by atoms with Crippen molar-refractivity contribution in [2.75, 3.05) is 6.61 Å². The first kappa shape index (κ1) is 10.3. The van der Waals surface area contributed by atoms with Crippen LogP contribution in [0.1, 0.15) is 6.92 Å². The molecule has 64 valence electrons. The number of carbonyl (C=O) groups is 1. The van der Waals surface area contributed by atoms with Gasteiger partial charge in [-0.2, -0.15) is 0 Å². The molecule has 0 saturated carbocycles. The van der Waals surface area contributed by atoms with Crippen molar-refractivity contribution < 1.29 is 20.1 Å². The van der Waals surface area contributed by atoms with E-state index < -0.39 is 24.6 Å². The van der Waals surface area contributed by atoms with E-state index in [9.17, 15) is 4.79 Å². The highest BCUT2D eigenvalue weighted by atomic mass is 16.4. The smallest absolute Gasteiger partial charge is 0.189 e. The minimum absolute atomic E-state index is 0.157. The fourth-order valence-corrected chi connectivity index (χ4v) is 0.527. The van der Waals surface area contributed by atoms with Gasteiger partial charge in [-0.05, 0) is 12.5 Å². The molecular weight excluding hydrogens is 148 g/mol. The van der Waals surface area contributed by atoms with Crippen LogP contribution in [0, 0.1) is 0 Å². The zero-order valence-electron chi connectivity index (χ0n) is 6.32. The van der Waals surface area contributed by atoms with E-state index in [0.717, 1.165) is 0 Å². The van der Waals surface area contributed by atoms with Gasteiger partial charge in [0, 0.05) is 0 Å². The van der Waals surface area contributed by atoms with Crippen LogP contribution in [0.4, 0.5) is 0 Å². The molecule has 3 N–H and O–H groups in total. The molecule has 0 saturated heterocycles. The van der Waals surface area contributed by atoms with Gasteiger partial charge in [0.2, 0.25) is 0 Å². The van der Waals surface area contributed by atoms with E-state index in [2.05, 4.69) is 6.58 Å². The van der Waals surface area contributed by atoms with Crippen molar-refractivity contribution in [2.45, 2.75) is 19.1 Å². The van der Waals surface area contributed by atoms with Gasteiger partial charge >= 0.3 is 0 Å². The van der Waals surface area contributed by atoms with Gasteiger partial charge in [-0.1, -0.05) is 6.58 Å². The molecule has 0 bridgehead atoms. The zero-order chi connectivity index (χ0) is 9.02. The van der Waals surface area contributed by atoms with Crippen LogP contribution >= 0.6 is 0 Å². The van der Waals surface area contributed by atoms with Crippen molar-refractivity contribution in [3.05, 3.63) is 12.2 Å². The fraction of sp³-hybridized carbons (Fsp3) is 0.571. The Bertz CT molecular complexity index is 164. The summed E-state index contributed by atoms with van der Waals surface area (Å²) in [6, 6.07) is 0. The summed E-state index contributed by atoms with van der Waals surface area (Å²) in [4.78, 5) is 10.8. The first-order valence-corrected chi connectivity index (χ1v) is 3.17. The van der Waals surface area contributed by atoms with Crippen LogP contribution in [0.15, 0.2) is 12.2 Å². The lowest BCUT2D eigenvalue weighted by Gasteiger charge is -2.13. The Kier molecular flexibility index (Phi) is 3.95. The van der Waals surface area contributed by atoms with Crippen LogP contribution in [-0.2, 0) is 4.79 Å². The largest absolute Gasteiger partial charge is 0.394 e. The number of carbonyl (C=O) groups excluding carboxylic acids is 1. The SMILES string of the molecule is C=C(C)C(=O)C(O)C(O)CO. The molecule has 0 heterocycles. The van der Waals surface area contributed by atoms with E-state index >= 15 is 0 Å². The number of aliphatic hydroxyl groups is 3. The summed E-state index contributed by atoms with van der Waals surface area (Å²) in [5.41, 5.74) is 0.157. The Hall–Kier alpha value is -0.710. The highest BCUT2D eigenvalue weighted by Crippen LogP contribution is 2.00. The van der Waals surface area contributed by atoms with Gasteiger partial charge in [-0.15, -0.1) is 0 Å². The standard InChI is InChI=1S/C7H12O4/c1-4(2)6(10)7(11)5(9)3-8/h5,7-9,11H,1,3H2,2H3. The maximum absolute atomic E-state index is 10.8. The molecule has 0 aromatic heterocycles. The summed E-state index contributed by atoms with van der Waals surface area (Å²) in [7, 11) is 0. The molecule has 4 heteroatoms. The summed E-state index contributed by atoms with van der Waals surface area (Å²) >= 11 is 0. The molecule has 4 nitrogen and oxygen atoms in total. The molecule has 0 fully saturated rings. The molecular formula is C7H12O4. The fourth-order valence-electron chi connectivity index (χ4n) is 0.527. The summed E-state index contributed by atoms with van der Waals surface area (Å²) < 4.78 is 0. The van der Waals surface area contributed by atoms with Gasteiger partial charge in [0.15, 0.2) is 5.78 Å². The van der Waals surface area contributed by atoms with Gasteiger partial charge < -0.3 is 15.3 Å². The predicted octanol–water partition coefficient (Wildman–Crippen LogP) is -1.15. The molecule has 0 aliphatic rings. The third-order valence-electron chi connectivity index (χ3n) is 1.24. The van der Waals surface area contributed by atoms with Crippen LogP contribution < -0.4 is 0 Å². The lowest BCUT2D eigenvalue weighted by molar-refractivity contribution is -0.130. The topological polar surface area (TPSA) is 77.8 Å². The maximum Gasteiger partial charge on any atom is 0.189 e. The third kappa shape index (κ3) is 2.80. The summed E-state index contributed by atoms with van der Waals surface area (Å²) in [5, 5.41) is 26.1. The lowest BCUT2D eigenvalue weighted by Crippen LogP contribution is -2.36. The van der Waals surface area contributed by atoms with Gasteiger partial charge in [0.05, 0.1) is 6.61 Å². The third-order valence-corrected chi connectivity index (χ3v) is 1.24. The van der Waals surface area contributed by atoms with Crippen molar-refractivity contribution in [2.24, 2.45) is 0 Å². The molecule has 0 aliphatic heterocycles. The van der Waals surface area contributed by atoms with Crippen LogP contribution in [0.2, 0.25) is 0 Å². The Morgan fingerprint density at radius 3 is 2.27 bits per heavy atom. The second-order valence-corrected chi connectivity index (χ2v) is 2.34. The highest BCUT2D eigenvalue weighted by molar-refractivity contribution is 5.97. The summed E-state index contributed by atoms with van der Waals surface area (Å²) in [6.07, 6.45) is -2.98. The quantitative estimate of drug-likeness (QED) is 0.453. The van der Waals surface area contributed by atoms with Crippen molar-refractivity contribution in [1.82, 2.24) is 0 Å². The number of hydrogen-bond donors (Lipinski definition) is 3. The van der Waals surface area contributed by atoms with Crippen LogP contribution in [-0.4, -0.2) is 39.9 Å². The molecule has 0 aromatic carbocycles. The van der Waals surface area contributed by atoms with E-state index in [1.165, 1.54) is 6.92 Å². The average molecular weight is 160 g/mol. The van der Waals surface area contributed by atoms with E-state index in [1.807, 2.05) is 0 Å². The maximum atomic E-state index is 10.8. The second kappa shape index (κ2) is 4.23. The second-order valence-electron chi connectivity index (χ2n) is 2.34. The molecule has 0 rings (SSSR count). The number of rotatable bonds is 4. The average Bonchev–Trinajstić information content (AvgIpc) is 2.00. The minimum atomic E-state index is -1.56. The number of ketones is 1. The Morgan fingerprint density at radius 2 is 2.00 bits per heavy atom. The molecule has 0 aliphatic carbocycles. The van der Waals surface area contributed by atoms with E-state index in [-0.39, 0.29) is 5.57 Å².